The zero-order chi connectivity index (χ0) is 12.3. The lowest BCUT2D eigenvalue weighted by atomic mass is 10.1. The van der Waals surface area contributed by atoms with Gasteiger partial charge in [0.2, 0.25) is 0 Å². The first-order chi connectivity index (χ1) is 8.19. The smallest absolute Gasteiger partial charge is 0.130 e. The number of hydrogen-bond donors (Lipinski definition) is 1. The maximum Gasteiger partial charge on any atom is 0.130 e. The van der Waals surface area contributed by atoms with Crippen LogP contribution in [-0.2, 0) is 6.42 Å². The number of aromatic nitrogens is 2. The molecule has 0 aliphatic heterocycles. The second-order valence-electron chi connectivity index (χ2n) is 3.79. The van der Waals surface area contributed by atoms with Crippen molar-refractivity contribution in [2.24, 2.45) is 0 Å². The van der Waals surface area contributed by atoms with Crippen molar-refractivity contribution in [3.05, 3.63) is 46.3 Å². The van der Waals surface area contributed by atoms with Crippen molar-refractivity contribution in [1.29, 1.82) is 0 Å². The molecule has 0 saturated heterocycles. The predicted octanol–water partition coefficient (Wildman–Crippen LogP) is 3.69. The van der Waals surface area contributed by atoms with E-state index in [9.17, 15) is 0 Å². The molecular weight excluding hydrogens is 296 g/mol. The fourth-order valence-corrected chi connectivity index (χ4v) is 2.07. The van der Waals surface area contributed by atoms with Crippen LogP contribution in [0.4, 0.5) is 0 Å². The molecule has 0 amide bonds. The zero-order valence-electron chi connectivity index (χ0n) is 9.52. The summed E-state index contributed by atoms with van der Waals surface area (Å²) in [6.45, 7) is 1.99. The third-order valence-electron chi connectivity index (χ3n) is 2.38. The minimum absolute atomic E-state index is 0.767. The molecule has 0 aliphatic rings. The van der Waals surface area contributed by atoms with Gasteiger partial charge in [0.05, 0.1) is 5.69 Å². The first-order valence-corrected chi connectivity index (χ1v) is 6.83. The second-order valence-corrected chi connectivity index (χ2v) is 5.15. The summed E-state index contributed by atoms with van der Waals surface area (Å²) < 4.78 is 1.07. The molecule has 0 aliphatic carbocycles. The molecule has 0 spiro atoms. The number of benzene rings is 1. The number of rotatable bonds is 3. The first kappa shape index (κ1) is 12.6. The molecule has 2 aromatic rings. The molecule has 88 valence electrons. The lowest BCUT2D eigenvalue weighted by Gasteiger charge is -2.05. The van der Waals surface area contributed by atoms with Crippen molar-refractivity contribution in [1.82, 2.24) is 9.97 Å². The van der Waals surface area contributed by atoms with Gasteiger partial charge in [-0.25, -0.2) is 9.97 Å². The van der Waals surface area contributed by atoms with Crippen molar-refractivity contribution in [2.75, 3.05) is 5.75 Å². The molecule has 2 nitrogen and oxygen atoms in total. The Morgan fingerprint density at radius 2 is 1.88 bits per heavy atom. The highest BCUT2D eigenvalue weighted by molar-refractivity contribution is 9.10. The van der Waals surface area contributed by atoms with E-state index in [4.69, 9.17) is 0 Å². The van der Waals surface area contributed by atoms with E-state index in [1.807, 2.05) is 25.1 Å². The van der Waals surface area contributed by atoms with E-state index in [2.05, 4.69) is 50.7 Å². The monoisotopic (exact) mass is 308 g/mol. The third kappa shape index (κ3) is 3.30. The van der Waals surface area contributed by atoms with Crippen LogP contribution in [0.5, 0.6) is 0 Å². The molecule has 1 aromatic heterocycles. The minimum Gasteiger partial charge on any atom is -0.238 e. The topological polar surface area (TPSA) is 25.8 Å². The summed E-state index contributed by atoms with van der Waals surface area (Å²) in [5.41, 5.74) is 3.08. The van der Waals surface area contributed by atoms with Gasteiger partial charge in [0.15, 0.2) is 0 Å². The molecule has 17 heavy (non-hydrogen) atoms. The molecule has 0 atom stereocenters. The van der Waals surface area contributed by atoms with Crippen molar-refractivity contribution in [3.63, 3.8) is 0 Å². The summed E-state index contributed by atoms with van der Waals surface area (Å²) >= 11 is 7.64. The summed E-state index contributed by atoms with van der Waals surface area (Å²) in [6.07, 6.45) is 0.800. The summed E-state index contributed by atoms with van der Waals surface area (Å²) in [4.78, 5) is 8.95. The fraction of sp³-hybridized carbons (Fsp3) is 0.231. The van der Waals surface area contributed by atoms with Crippen LogP contribution in [-0.4, -0.2) is 15.7 Å². The van der Waals surface area contributed by atoms with Crippen LogP contribution in [0.25, 0.3) is 11.3 Å². The molecule has 0 fully saturated rings. The van der Waals surface area contributed by atoms with Gasteiger partial charge in [-0.15, -0.1) is 0 Å². The molecule has 0 N–H and O–H groups in total. The zero-order valence-corrected chi connectivity index (χ0v) is 12.0. The summed E-state index contributed by atoms with van der Waals surface area (Å²) in [5, 5.41) is 0. The van der Waals surface area contributed by atoms with Crippen molar-refractivity contribution in [3.8, 4) is 11.3 Å². The average Bonchev–Trinajstić information content (AvgIpc) is 2.29. The van der Waals surface area contributed by atoms with Crippen LogP contribution >= 0.6 is 28.6 Å². The van der Waals surface area contributed by atoms with E-state index < -0.39 is 0 Å². The Labute approximate surface area is 115 Å². The molecule has 4 heteroatoms. The highest BCUT2D eigenvalue weighted by atomic mass is 79.9. The van der Waals surface area contributed by atoms with Gasteiger partial charge in [-0.3, -0.25) is 0 Å². The van der Waals surface area contributed by atoms with Crippen LogP contribution < -0.4 is 0 Å². The number of aryl methyl sites for hydroxylation is 2. The molecular formula is C13H13BrN2S. The lowest BCUT2D eigenvalue weighted by Crippen LogP contribution is -1.99. The number of thiol groups is 1. The Morgan fingerprint density at radius 3 is 2.53 bits per heavy atom. The van der Waals surface area contributed by atoms with Crippen molar-refractivity contribution in [2.45, 2.75) is 13.3 Å². The van der Waals surface area contributed by atoms with Gasteiger partial charge >= 0.3 is 0 Å². The highest BCUT2D eigenvalue weighted by Gasteiger charge is 2.04. The van der Waals surface area contributed by atoms with E-state index in [0.29, 0.717) is 0 Å². The van der Waals surface area contributed by atoms with E-state index in [0.717, 1.165) is 39.4 Å². The molecule has 0 bridgehead atoms. The van der Waals surface area contributed by atoms with Crippen LogP contribution in [0.3, 0.4) is 0 Å². The van der Waals surface area contributed by atoms with Gasteiger partial charge < -0.3 is 0 Å². The Bertz CT molecular complexity index is 511. The SMILES string of the molecule is Cc1cc(-c2ccc(Br)cc2)nc(CCS)n1. The number of nitrogens with zero attached hydrogens (tertiary/aromatic N) is 2. The van der Waals surface area contributed by atoms with Crippen LogP contribution in [0.15, 0.2) is 34.8 Å². The summed E-state index contributed by atoms with van der Waals surface area (Å²) in [7, 11) is 0. The highest BCUT2D eigenvalue weighted by Crippen LogP contribution is 2.20. The molecule has 1 aromatic carbocycles. The maximum atomic E-state index is 4.55. The van der Waals surface area contributed by atoms with Gasteiger partial charge in [0, 0.05) is 22.2 Å². The minimum atomic E-state index is 0.767. The Kier molecular flexibility index (Phi) is 4.18. The third-order valence-corrected chi connectivity index (χ3v) is 3.13. The van der Waals surface area contributed by atoms with Crippen molar-refractivity contribution >= 4 is 28.6 Å². The molecule has 2 rings (SSSR count). The second kappa shape index (κ2) is 5.65. The first-order valence-electron chi connectivity index (χ1n) is 5.40. The molecule has 0 saturated carbocycles. The van der Waals surface area contributed by atoms with Gasteiger partial charge in [-0.1, -0.05) is 28.1 Å². The van der Waals surface area contributed by atoms with Gasteiger partial charge in [-0.2, -0.15) is 12.6 Å². The Hall–Kier alpha value is -0.870. The van der Waals surface area contributed by atoms with Crippen LogP contribution in [0.1, 0.15) is 11.5 Å². The van der Waals surface area contributed by atoms with E-state index in [1.165, 1.54) is 0 Å². The molecule has 1 heterocycles. The number of hydrogen-bond acceptors (Lipinski definition) is 3. The summed E-state index contributed by atoms with van der Waals surface area (Å²) in [5.74, 6) is 1.63. The van der Waals surface area contributed by atoms with Crippen molar-refractivity contribution < 1.29 is 0 Å². The van der Waals surface area contributed by atoms with Crippen LogP contribution in [0, 0.1) is 6.92 Å². The summed E-state index contributed by atoms with van der Waals surface area (Å²) in [6, 6.07) is 10.1. The van der Waals surface area contributed by atoms with Gasteiger partial charge in [-0.05, 0) is 30.9 Å². The fourth-order valence-electron chi connectivity index (χ4n) is 1.61. The van der Waals surface area contributed by atoms with Gasteiger partial charge in [0.1, 0.15) is 5.82 Å². The maximum absolute atomic E-state index is 4.55. The lowest BCUT2D eigenvalue weighted by molar-refractivity contribution is 0.930. The normalized spacial score (nSPS) is 10.5. The molecule has 0 radical (unpaired) electrons. The number of halogens is 1. The quantitative estimate of drug-likeness (QED) is 0.875. The standard InChI is InChI=1S/C13H13BrN2S/c1-9-8-12(16-13(15-9)6-7-17)10-2-4-11(14)5-3-10/h2-5,8,17H,6-7H2,1H3. The van der Waals surface area contributed by atoms with Gasteiger partial charge in [0.25, 0.3) is 0 Å². The predicted molar refractivity (Wildman–Crippen MR) is 77.5 cm³/mol. The van der Waals surface area contributed by atoms with Crippen LogP contribution in [0.2, 0.25) is 0 Å². The van der Waals surface area contributed by atoms with E-state index in [-0.39, 0.29) is 0 Å². The van der Waals surface area contributed by atoms with E-state index in [1.54, 1.807) is 0 Å². The Balaban J connectivity index is 2.40. The largest absolute Gasteiger partial charge is 0.238 e. The average molecular weight is 309 g/mol. The van der Waals surface area contributed by atoms with E-state index >= 15 is 0 Å². The Morgan fingerprint density at radius 1 is 1.18 bits per heavy atom. The molecule has 0 unspecified atom stereocenters.